The monoisotopic (exact) mass is 1600 g/mol. The highest BCUT2D eigenvalue weighted by molar-refractivity contribution is 8.13. The summed E-state index contributed by atoms with van der Waals surface area (Å²) in [6.07, 6.45) is 2.17. The maximum absolute atomic E-state index is 13.0. The molecule has 4 aromatic heterocycles. The number of hydrogen-bond donors (Lipinski definition) is 4. The number of imidazole rings is 2. The van der Waals surface area contributed by atoms with Gasteiger partial charge in [0, 0.05) is 34.7 Å². The highest BCUT2D eigenvalue weighted by Gasteiger charge is 2.68. The number of halogens is 1. The van der Waals surface area contributed by atoms with Crippen LogP contribution in [0.2, 0.25) is 44.3 Å². The number of nitrogens with zero attached hydrogens (tertiary/aromatic N) is 8. The summed E-state index contributed by atoms with van der Waals surface area (Å²) >= 11 is 0. The van der Waals surface area contributed by atoms with E-state index in [1.54, 1.807) is 57.7 Å². The van der Waals surface area contributed by atoms with Gasteiger partial charge in [0.05, 0.1) is 57.8 Å². The summed E-state index contributed by atoms with van der Waals surface area (Å²) < 4.78 is 137. The van der Waals surface area contributed by atoms with E-state index in [0.717, 1.165) is 18.8 Å². The number of carbonyl (C=O) groups is 2. The van der Waals surface area contributed by atoms with Crippen LogP contribution < -0.4 is 10.6 Å². The standard InChI is InChI=1S/2C32H49N5O9SSi2.CH3ClO2S.CH4/c2*1-20(2)48(21(3)4)43-17-25-27(45-49(46-48,22(5)6)23(7)8)32(39,15-16-42-47(9,40)41)31(44-25)37-19-35-26-28(33-18-34-29(26)37)36-30(38)24-13-11-10-12-14-24;1-5(2,3)4;/h2*10-14,18-23,25,27,31,39H,15-17H2,1-9H3,(H,33,34,36,38);1H3;1H4/t2*25-,27-,31-,32+;;/m11../s1. The minimum atomic E-state index is -3.82. The first kappa shape index (κ1) is 86.2. The molecule has 4 N–H and O–H groups in total. The summed E-state index contributed by atoms with van der Waals surface area (Å²) in [6, 6.07) is 17.4. The minimum Gasteiger partial charge on any atom is -0.414 e. The molecule has 10 rings (SSSR count). The zero-order valence-electron chi connectivity index (χ0n) is 61.8. The second-order valence-corrected chi connectivity index (χ2v) is 53.1. The SMILES string of the molecule is C.CC(C)[Si]1(C(C)C)OC[C@H]2O[C@@H](n3cnc4c(NC(=O)c5ccccc5)ncnc43)[C@](O)(CCOS(C)(=O)=O)[C@@H]2O[Si](C(C)C)(C(C)C)O1.CC(C)[Si]1(C(C)C)OC[C@H]2O[C@@H](n3cnc4c(NC(=O)c5ccccc5)ncnc43)[C@](O)(CCOS(C)(=O)=O)[C@@H]2O[Si](C(C)C)(C(C)C)O1.CS(=O)(=O)Cl. The van der Waals surface area contributed by atoms with Crippen LogP contribution in [0.15, 0.2) is 86.0 Å². The second kappa shape index (κ2) is 33.9. The Morgan fingerprint density at radius 3 is 1.10 bits per heavy atom. The lowest BCUT2D eigenvalue weighted by Gasteiger charge is -2.52. The van der Waals surface area contributed by atoms with E-state index in [9.17, 15) is 45.1 Å². The van der Waals surface area contributed by atoms with E-state index in [4.69, 9.17) is 43.8 Å². The molecule has 4 saturated heterocycles. The summed E-state index contributed by atoms with van der Waals surface area (Å²) in [6.45, 7) is 33.1. The lowest BCUT2D eigenvalue weighted by Crippen LogP contribution is -2.67. The fourth-order valence-corrected chi connectivity index (χ4v) is 37.4. The van der Waals surface area contributed by atoms with Gasteiger partial charge in [-0.05, 0) is 68.6 Å². The third-order valence-corrected chi connectivity index (χ3v) is 40.8. The number of nitrogens with one attached hydrogen (secondary N) is 2. The molecule has 38 heteroatoms. The molecule has 0 radical (unpaired) electrons. The molecule has 0 aliphatic carbocycles. The molecule has 4 fully saturated rings. The van der Waals surface area contributed by atoms with Gasteiger partial charge < -0.3 is 56.3 Å². The molecule has 30 nitrogen and oxygen atoms in total. The molecule has 0 unspecified atom stereocenters. The average molecular weight is 1600 g/mol. The van der Waals surface area contributed by atoms with Crippen molar-refractivity contribution in [2.24, 2.45) is 0 Å². The molecule has 2 aromatic carbocycles. The van der Waals surface area contributed by atoms with Crippen molar-refractivity contribution in [2.45, 2.75) is 223 Å². The minimum absolute atomic E-state index is 0. The molecule has 0 saturated carbocycles. The molecule has 104 heavy (non-hydrogen) atoms. The quantitative estimate of drug-likeness (QED) is 0.0279. The zero-order valence-corrected chi connectivity index (χ0v) is 69.0. The maximum atomic E-state index is 13.0. The van der Waals surface area contributed by atoms with Gasteiger partial charge in [-0.3, -0.25) is 27.1 Å². The van der Waals surface area contributed by atoms with Crippen LogP contribution in [0.4, 0.5) is 11.6 Å². The Labute approximate surface area is 620 Å². The van der Waals surface area contributed by atoms with E-state index in [2.05, 4.69) is 162 Å². The summed E-state index contributed by atoms with van der Waals surface area (Å²) in [5, 5.41) is 31.3. The Balaban J connectivity index is 0.000000271. The van der Waals surface area contributed by atoms with Crippen LogP contribution >= 0.6 is 10.7 Å². The number of amides is 2. The number of ether oxygens (including phenoxy) is 2. The van der Waals surface area contributed by atoms with Crippen LogP contribution in [0.5, 0.6) is 0 Å². The average Bonchev–Trinajstić information content (AvgIpc) is 1.50. The lowest BCUT2D eigenvalue weighted by atomic mass is 9.90. The number of hydrogen-bond acceptors (Lipinski definition) is 26. The van der Waals surface area contributed by atoms with Crippen LogP contribution in [0.3, 0.4) is 0 Å². The summed E-state index contributed by atoms with van der Waals surface area (Å²) in [5.41, 5.74) is -1.50. The molecule has 2 amide bonds. The van der Waals surface area contributed by atoms with Gasteiger partial charge in [-0.2, -0.15) is 16.8 Å². The van der Waals surface area contributed by atoms with Gasteiger partial charge in [0.1, 0.15) is 48.3 Å². The van der Waals surface area contributed by atoms with Crippen LogP contribution in [-0.4, -0.2) is 201 Å². The molecular formula is C66H105ClN10O20S3Si4. The van der Waals surface area contributed by atoms with E-state index >= 15 is 0 Å². The van der Waals surface area contributed by atoms with Crippen molar-refractivity contribution in [1.29, 1.82) is 0 Å². The van der Waals surface area contributed by atoms with E-state index in [-0.39, 0.29) is 137 Å². The molecule has 4 aliphatic heterocycles. The van der Waals surface area contributed by atoms with Crippen molar-refractivity contribution in [3.05, 3.63) is 97.1 Å². The number of aromatic nitrogens is 8. The van der Waals surface area contributed by atoms with Gasteiger partial charge in [-0.15, -0.1) is 0 Å². The Kier molecular flexibility index (Phi) is 28.1. The zero-order chi connectivity index (χ0) is 76.4. The van der Waals surface area contributed by atoms with Crippen LogP contribution in [0.25, 0.3) is 22.3 Å². The summed E-state index contributed by atoms with van der Waals surface area (Å²) in [4.78, 5) is 52.5. The number of fused-ring (bicyclic) bond motifs is 4. The van der Waals surface area contributed by atoms with Crippen LogP contribution in [-0.2, 0) is 73.1 Å². The van der Waals surface area contributed by atoms with Crippen molar-refractivity contribution in [1.82, 2.24) is 39.0 Å². The Morgan fingerprint density at radius 1 is 0.519 bits per heavy atom. The van der Waals surface area contributed by atoms with Gasteiger partial charge in [0.2, 0.25) is 9.05 Å². The van der Waals surface area contributed by atoms with E-state index in [1.807, 2.05) is 12.1 Å². The van der Waals surface area contributed by atoms with Gasteiger partial charge in [0.15, 0.2) is 46.4 Å². The van der Waals surface area contributed by atoms with Crippen molar-refractivity contribution in [3.8, 4) is 0 Å². The summed E-state index contributed by atoms with van der Waals surface area (Å²) in [5.74, 6) is -0.404. The Morgan fingerprint density at radius 2 is 0.817 bits per heavy atom. The molecule has 0 bridgehead atoms. The highest BCUT2D eigenvalue weighted by atomic mass is 35.7. The topological polar surface area (TPSA) is 381 Å². The Hall–Kier alpha value is -4.99. The third-order valence-electron chi connectivity index (χ3n) is 19.1. The van der Waals surface area contributed by atoms with Gasteiger partial charge in [0.25, 0.3) is 32.1 Å². The van der Waals surface area contributed by atoms with Crippen molar-refractivity contribution < 1.29 is 88.8 Å². The largest absolute Gasteiger partial charge is 0.414 e. The predicted octanol–water partition coefficient (Wildman–Crippen LogP) is 10.9. The number of rotatable bonds is 22. The smallest absolute Gasteiger partial charge is 0.335 e. The van der Waals surface area contributed by atoms with E-state index in [1.165, 1.54) is 25.3 Å². The molecule has 8 heterocycles. The van der Waals surface area contributed by atoms with Gasteiger partial charge >= 0.3 is 34.2 Å². The fourth-order valence-electron chi connectivity index (χ4n) is 14.1. The van der Waals surface area contributed by atoms with E-state index in [0.29, 0.717) is 11.1 Å². The molecule has 580 valence electrons. The van der Waals surface area contributed by atoms with E-state index < -0.39 is 112 Å². The van der Waals surface area contributed by atoms with Crippen molar-refractivity contribution >= 4 is 120 Å². The predicted molar refractivity (Wildman–Crippen MR) is 403 cm³/mol. The second-order valence-electron chi connectivity index (χ2n) is 29.0. The first-order valence-electron chi connectivity index (χ1n) is 34.4. The van der Waals surface area contributed by atoms with Crippen LogP contribution in [0, 0.1) is 0 Å². The first-order chi connectivity index (χ1) is 47.9. The first-order valence-corrected chi connectivity index (χ1v) is 48.6. The molecule has 8 atom stereocenters. The Bertz CT molecular complexity index is 3970. The fraction of sp³-hybridized carbons (Fsp3) is 0.636. The number of aliphatic hydroxyl groups is 2. The third kappa shape index (κ3) is 18.6. The lowest BCUT2D eigenvalue weighted by molar-refractivity contribution is -0.115. The molecule has 4 aliphatic rings. The van der Waals surface area contributed by atoms with Crippen molar-refractivity contribution in [2.75, 3.05) is 55.8 Å². The van der Waals surface area contributed by atoms with Crippen molar-refractivity contribution in [3.63, 3.8) is 0 Å². The maximum Gasteiger partial charge on any atom is 0.335 e. The van der Waals surface area contributed by atoms with Gasteiger partial charge in [-0.1, -0.05) is 155 Å². The normalized spacial score (nSPS) is 24.6. The molecule has 0 spiro atoms. The number of anilines is 2. The molecular weight excluding hydrogens is 1500 g/mol. The van der Waals surface area contributed by atoms with Crippen LogP contribution in [0.1, 0.15) is 164 Å². The number of benzene rings is 2. The number of carbonyl (C=O) groups excluding carboxylic acids is 2. The molecule has 6 aromatic rings. The summed E-state index contributed by atoms with van der Waals surface area (Å²) in [7, 11) is -18.6. The van der Waals surface area contributed by atoms with Gasteiger partial charge in [-0.25, -0.2) is 38.3 Å². The highest BCUT2D eigenvalue weighted by Crippen LogP contribution is 2.55.